The average Bonchev–Trinajstić information content (AvgIpc) is 2.91. The molecule has 0 bridgehead atoms. The molecule has 0 atom stereocenters. The molecule has 0 saturated carbocycles. The number of likely N-dealkylation sites (N-methyl/N-ethyl adjacent to an activating group) is 2. The van der Waals surface area contributed by atoms with Gasteiger partial charge in [-0.15, -0.1) is 0 Å². The number of carbonyl (C=O) groups is 2. The molecular formula is C20H20BrN3O2S. The van der Waals surface area contributed by atoms with E-state index < -0.39 is 0 Å². The van der Waals surface area contributed by atoms with Crippen LogP contribution in [0.1, 0.15) is 22.5 Å². The molecule has 2 amide bonds. The van der Waals surface area contributed by atoms with E-state index in [9.17, 15) is 9.59 Å². The fourth-order valence-electron chi connectivity index (χ4n) is 3.23. The second-order valence-electron chi connectivity index (χ2n) is 6.66. The molecule has 0 unspecified atom stereocenters. The predicted octanol–water partition coefficient (Wildman–Crippen LogP) is 3.76. The molecule has 0 spiro atoms. The monoisotopic (exact) mass is 445 g/mol. The summed E-state index contributed by atoms with van der Waals surface area (Å²) in [6.07, 6.45) is 1.66. The summed E-state index contributed by atoms with van der Waals surface area (Å²) < 4.78 is 3.17. The fraction of sp³-hybridized carbons (Fsp3) is 0.250. The molecule has 1 aromatic heterocycles. The van der Waals surface area contributed by atoms with Crippen LogP contribution in [0.5, 0.6) is 0 Å². The highest BCUT2D eigenvalue weighted by atomic mass is 79.9. The topological polar surface area (TPSA) is 45.6 Å². The molecule has 140 valence electrons. The summed E-state index contributed by atoms with van der Waals surface area (Å²) in [5.74, 6) is -0.764. The average molecular weight is 446 g/mol. The van der Waals surface area contributed by atoms with E-state index in [-0.39, 0.29) is 22.5 Å². The molecule has 2 heterocycles. The first-order chi connectivity index (χ1) is 12.6. The molecule has 3 rings (SSSR count). The highest BCUT2D eigenvalue weighted by Crippen LogP contribution is 2.27. The lowest BCUT2D eigenvalue weighted by Crippen LogP contribution is -2.52. The number of carbonyl (C=O) groups excluding carboxylic acids is 2. The van der Waals surface area contributed by atoms with Gasteiger partial charge in [0.25, 0.3) is 11.8 Å². The third-order valence-corrected chi connectivity index (χ3v) is 6.25. The van der Waals surface area contributed by atoms with Crippen molar-refractivity contribution < 1.29 is 9.59 Å². The van der Waals surface area contributed by atoms with E-state index in [0.29, 0.717) is 0 Å². The standard InChI is InChI=1S/C20H20BrN3O2S/c1-11-8-15(6-7-17(11)21)24-12(2)9-14(13(24)3)10-16-18(25)22(4)20(27)23(5)19(16)26/h6-10H,1-5H3. The minimum Gasteiger partial charge on any atom is -0.318 e. The van der Waals surface area contributed by atoms with Gasteiger partial charge in [-0.1, -0.05) is 15.9 Å². The first-order valence-electron chi connectivity index (χ1n) is 8.40. The highest BCUT2D eigenvalue weighted by molar-refractivity contribution is 9.10. The van der Waals surface area contributed by atoms with E-state index in [2.05, 4.69) is 26.6 Å². The molecule has 27 heavy (non-hydrogen) atoms. The predicted molar refractivity (Wildman–Crippen MR) is 114 cm³/mol. The Kier molecular flexibility index (Phi) is 5.10. The lowest BCUT2D eigenvalue weighted by Gasteiger charge is -2.31. The molecule has 7 heteroatoms. The van der Waals surface area contributed by atoms with Crippen molar-refractivity contribution in [2.75, 3.05) is 14.1 Å². The third kappa shape index (κ3) is 3.26. The van der Waals surface area contributed by atoms with Crippen molar-refractivity contribution in [3.8, 4) is 5.69 Å². The Balaban J connectivity index is 2.10. The molecule has 1 aliphatic heterocycles. The second-order valence-corrected chi connectivity index (χ2v) is 7.88. The smallest absolute Gasteiger partial charge is 0.265 e. The molecule has 2 aromatic rings. The van der Waals surface area contributed by atoms with Gasteiger partial charge < -0.3 is 4.57 Å². The number of aryl methyl sites for hydroxylation is 2. The van der Waals surface area contributed by atoms with Gasteiger partial charge in [-0.3, -0.25) is 19.4 Å². The summed E-state index contributed by atoms with van der Waals surface area (Å²) in [6.45, 7) is 6.02. The lowest BCUT2D eigenvalue weighted by molar-refractivity contribution is -0.132. The molecule has 1 aromatic carbocycles. The Morgan fingerprint density at radius 3 is 2.15 bits per heavy atom. The van der Waals surface area contributed by atoms with Crippen molar-refractivity contribution in [1.29, 1.82) is 0 Å². The molecular weight excluding hydrogens is 426 g/mol. The van der Waals surface area contributed by atoms with Crippen LogP contribution in [0.4, 0.5) is 0 Å². The Morgan fingerprint density at radius 1 is 1.00 bits per heavy atom. The zero-order chi connectivity index (χ0) is 20.0. The number of thiocarbonyl (C=S) groups is 1. The SMILES string of the molecule is Cc1cc(-n2c(C)cc(C=C3C(=O)N(C)C(=S)N(C)C3=O)c2C)ccc1Br. The number of amides is 2. The highest BCUT2D eigenvalue weighted by Gasteiger charge is 2.35. The molecule has 0 radical (unpaired) electrons. The van der Waals surface area contributed by atoms with Crippen molar-refractivity contribution in [2.45, 2.75) is 20.8 Å². The van der Waals surface area contributed by atoms with Gasteiger partial charge in [-0.25, -0.2) is 0 Å². The van der Waals surface area contributed by atoms with Crippen LogP contribution in [0, 0.1) is 20.8 Å². The quantitative estimate of drug-likeness (QED) is 0.401. The number of aromatic nitrogens is 1. The lowest BCUT2D eigenvalue weighted by atomic mass is 10.1. The van der Waals surface area contributed by atoms with Gasteiger partial charge in [0.1, 0.15) is 5.57 Å². The summed E-state index contributed by atoms with van der Waals surface area (Å²) in [4.78, 5) is 27.8. The van der Waals surface area contributed by atoms with Crippen molar-refractivity contribution in [1.82, 2.24) is 14.4 Å². The van der Waals surface area contributed by atoms with Crippen LogP contribution in [0.15, 0.2) is 34.3 Å². The fourth-order valence-corrected chi connectivity index (χ4v) is 3.64. The van der Waals surface area contributed by atoms with Crippen LogP contribution in [-0.4, -0.2) is 45.4 Å². The van der Waals surface area contributed by atoms with Crippen LogP contribution < -0.4 is 0 Å². The van der Waals surface area contributed by atoms with Crippen molar-refractivity contribution in [3.63, 3.8) is 0 Å². The first kappa shape index (κ1) is 19.5. The minimum atomic E-state index is -0.382. The molecule has 0 N–H and O–H groups in total. The molecule has 0 aliphatic carbocycles. The summed E-state index contributed by atoms with van der Waals surface area (Å²) in [7, 11) is 3.16. The van der Waals surface area contributed by atoms with Gasteiger partial charge in [-0.05, 0) is 74.5 Å². The van der Waals surface area contributed by atoms with E-state index >= 15 is 0 Å². The van der Waals surface area contributed by atoms with E-state index in [0.717, 1.165) is 32.7 Å². The van der Waals surface area contributed by atoms with Crippen molar-refractivity contribution >= 4 is 51.2 Å². The van der Waals surface area contributed by atoms with Gasteiger partial charge in [0, 0.05) is 35.6 Å². The normalized spacial score (nSPS) is 15.0. The number of halogens is 1. The summed E-state index contributed by atoms with van der Waals surface area (Å²) >= 11 is 8.66. The van der Waals surface area contributed by atoms with Crippen LogP contribution in [0.3, 0.4) is 0 Å². The maximum Gasteiger partial charge on any atom is 0.265 e. The number of rotatable bonds is 2. The maximum atomic E-state index is 12.6. The number of nitrogens with zero attached hydrogens (tertiary/aromatic N) is 3. The largest absolute Gasteiger partial charge is 0.318 e. The minimum absolute atomic E-state index is 0.112. The van der Waals surface area contributed by atoms with Crippen LogP contribution in [0.2, 0.25) is 0 Å². The summed E-state index contributed by atoms with van der Waals surface area (Å²) in [5.41, 5.74) is 5.09. The first-order valence-corrected chi connectivity index (χ1v) is 9.61. The van der Waals surface area contributed by atoms with Crippen LogP contribution in [0.25, 0.3) is 11.8 Å². The Hall–Kier alpha value is -2.25. The summed E-state index contributed by atoms with van der Waals surface area (Å²) in [6, 6.07) is 8.12. The van der Waals surface area contributed by atoms with Gasteiger partial charge in [0.2, 0.25) is 0 Å². The van der Waals surface area contributed by atoms with E-state index in [1.54, 1.807) is 20.2 Å². The third-order valence-electron chi connectivity index (χ3n) is 4.81. The Labute approximate surface area is 172 Å². The van der Waals surface area contributed by atoms with Crippen molar-refractivity contribution in [3.05, 3.63) is 56.8 Å². The number of hydrogen-bond acceptors (Lipinski definition) is 3. The van der Waals surface area contributed by atoms with Gasteiger partial charge in [0.05, 0.1) is 0 Å². The van der Waals surface area contributed by atoms with Gasteiger partial charge in [0.15, 0.2) is 5.11 Å². The van der Waals surface area contributed by atoms with Crippen LogP contribution >= 0.6 is 28.1 Å². The molecule has 1 fully saturated rings. The second kappa shape index (κ2) is 7.05. The molecule has 1 saturated heterocycles. The van der Waals surface area contributed by atoms with Gasteiger partial charge >= 0.3 is 0 Å². The Morgan fingerprint density at radius 2 is 1.59 bits per heavy atom. The Bertz CT molecular complexity index is 996. The van der Waals surface area contributed by atoms with E-state index in [1.165, 1.54) is 9.80 Å². The van der Waals surface area contributed by atoms with E-state index in [1.807, 2.05) is 39.0 Å². The molecule has 5 nitrogen and oxygen atoms in total. The van der Waals surface area contributed by atoms with Crippen LogP contribution in [-0.2, 0) is 9.59 Å². The molecule has 1 aliphatic rings. The van der Waals surface area contributed by atoms with Crippen molar-refractivity contribution in [2.24, 2.45) is 0 Å². The maximum absolute atomic E-state index is 12.6. The zero-order valence-electron chi connectivity index (χ0n) is 15.8. The summed E-state index contributed by atoms with van der Waals surface area (Å²) in [5, 5.41) is 0.206. The number of hydrogen-bond donors (Lipinski definition) is 0. The number of benzene rings is 1. The van der Waals surface area contributed by atoms with Gasteiger partial charge in [-0.2, -0.15) is 0 Å². The van der Waals surface area contributed by atoms with E-state index in [4.69, 9.17) is 12.2 Å². The zero-order valence-corrected chi connectivity index (χ0v) is 18.2.